The molecule has 0 radical (unpaired) electrons. The average molecular weight is 265 g/mol. The van der Waals surface area contributed by atoms with Crippen molar-refractivity contribution in [1.82, 2.24) is 4.90 Å². The molecule has 1 amide bonds. The van der Waals surface area contributed by atoms with Crippen LogP contribution in [0, 0.1) is 5.92 Å². The van der Waals surface area contributed by atoms with Gasteiger partial charge >= 0.3 is 0 Å². The lowest BCUT2D eigenvalue weighted by Crippen LogP contribution is -2.35. The molecule has 1 rings (SSSR count). The zero-order chi connectivity index (χ0) is 13.5. The van der Waals surface area contributed by atoms with Crippen LogP contribution < -0.4 is 0 Å². The van der Waals surface area contributed by atoms with Crippen molar-refractivity contribution in [2.75, 3.05) is 13.1 Å². The molecule has 0 aliphatic heterocycles. The number of rotatable bonds is 6. The molecule has 0 atom stereocenters. The third-order valence-corrected chi connectivity index (χ3v) is 3.71. The molecule has 0 N–H and O–H groups in total. The highest BCUT2D eigenvalue weighted by Gasteiger charge is 2.17. The number of carbonyl (C=O) groups is 1. The Morgan fingerprint density at radius 1 is 1.17 bits per heavy atom. The predicted molar refractivity (Wildman–Crippen MR) is 79.3 cm³/mol. The summed E-state index contributed by atoms with van der Waals surface area (Å²) in [6.45, 7) is 8.01. The molecule has 18 heavy (non-hydrogen) atoms. The SMILES string of the molecule is CCC(CC)CN(CC)C(=O)c1ccc(S)cc1. The van der Waals surface area contributed by atoms with E-state index in [-0.39, 0.29) is 5.91 Å². The van der Waals surface area contributed by atoms with Crippen molar-refractivity contribution in [3.63, 3.8) is 0 Å². The van der Waals surface area contributed by atoms with Gasteiger partial charge < -0.3 is 4.90 Å². The maximum atomic E-state index is 12.4. The van der Waals surface area contributed by atoms with Gasteiger partial charge in [-0.3, -0.25) is 4.79 Å². The summed E-state index contributed by atoms with van der Waals surface area (Å²) in [4.78, 5) is 15.2. The molecule has 1 aromatic carbocycles. The molecule has 0 heterocycles. The van der Waals surface area contributed by atoms with Gasteiger partial charge in [0.25, 0.3) is 5.91 Å². The first-order chi connectivity index (χ1) is 8.62. The van der Waals surface area contributed by atoms with Crippen LogP contribution in [0.1, 0.15) is 44.0 Å². The fourth-order valence-corrected chi connectivity index (χ4v) is 2.15. The molecule has 2 nitrogen and oxygen atoms in total. The van der Waals surface area contributed by atoms with E-state index in [9.17, 15) is 4.79 Å². The molecule has 0 spiro atoms. The second-order valence-electron chi connectivity index (χ2n) is 4.57. The Kier molecular flexibility index (Phi) is 6.27. The summed E-state index contributed by atoms with van der Waals surface area (Å²) in [5, 5.41) is 0. The summed E-state index contributed by atoms with van der Waals surface area (Å²) in [7, 11) is 0. The van der Waals surface area contributed by atoms with E-state index >= 15 is 0 Å². The summed E-state index contributed by atoms with van der Waals surface area (Å²) in [6.07, 6.45) is 2.24. The molecule has 0 aliphatic rings. The van der Waals surface area contributed by atoms with Crippen LogP contribution >= 0.6 is 12.6 Å². The van der Waals surface area contributed by atoms with E-state index in [4.69, 9.17) is 0 Å². The molecule has 0 saturated carbocycles. The lowest BCUT2D eigenvalue weighted by atomic mass is 10.0. The third kappa shape index (κ3) is 4.05. The molecule has 0 saturated heterocycles. The van der Waals surface area contributed by atoms with Crippen LogP contribution in [0.4, 0.5) is 0 Å². The maximum Gasteiger partial charge on any atom is 0.253 e. The minimum absolute atomic E-state index is 0.123. The predicted octanol–water partition coefficient (Wildman–Crippen LogP) is 3.87. The summed E-state index contributed by atoms with van der Waals surface area (Å²) >= 11 is 4.24. The second-order valence-corrected chi connectivity index (χ2v) is 5.09. The van der Waals surface area contributed by atoms with Crippen molar-refractivity contribution < 1.29 is 4.79 Å². The van der Waals surface area contributed by atoms with Crippen molar-refractivity contribution in [1.29, 1.82) is 0 Å². The topological polar surface area (TPSA) is 20.3 Å². The van der Waals surface area contributed by atoms with Crippen LogP contribution in [0.5, 0.6) is 0 Å². The van der Waals surface area contributed by atoms with Gasteiger partial charge in [0, 0.05) is 23.5 Å². The van der Waals surface area contributed by atoms with Gasteiger partial charge in [-0.05, 0) is 37.1 Å². The third-order valence-electron chi connectivity index (χ3n) is 3.42. The molecular weight excluding hydrogens is 242 g/mol. The number of amides is 1. The normalized spacial score (nSPS) is 10.7. The van der Waals surface area contributed by atoms with E-state index in [2.05, 4.69) is 26.5 Å². The Labute approximate surface area is 116 Å². The molecular formula is C15H23NOS. The molecule has 3 heteroatoms. The standard InChI is InChI=1S/C15H23NOS/c1-4-12(5-2)11-16(6-3)15(17)13-7-9-14(18)10-8-13/h7-10,12,18H,4-6,11H2,1-3H3. The maximum absolute atomic E-state index is 12.4. The van der Waals surface area contributed by atoms with Gasteiger partial charge in [0.15, 0.2) is 0 Å². The molecule has 0 unspecified atom stereocenters. The number of hydrogen-bond acceptors (Lipinski definition) is 2. The Morgan fingerprint density at radius 3 is 2.17 bits per heavy atom. The minimum Gasteiger partial charge on any atom is -0.339 e. The fraction of sp³-hybridized carbons (Fsp3) is 0.533. The summed E-state index contributed by atoms with van der Waals surface area (Å²) < 4.78 is 0. The fourth-order valence-electron chi connectivity index (χ4n) is 2.00. The van der Waals surface area contributed by atoms with E-state index in [0.29, 0.717) is 5.92 Å². The van der Waals surface area contributed by atoms with Crippen LogP contribution in [0.25, 0.3) is 0 Å². The molecule has 0 aliphatic carbocycles. The number of thiol groups is 1. The number of nitrogens with zero attached hydrogens (tertiary/aromatic N) is 1. The highest BCUT2D eigenvalue weighted by molar-refractivity contribution is 7.80. The van der Waals surface area contributed by atoms with Crippen LogP contribution in [-0.2, 0) is 0 Å². The number of carbonyl (C=O) groups excluding carboxylic acids is 1. The van der Waals surface area contributed by atoms with Crippen LogP contribution in [-0.4, -0.2) is 23.9 Å². The monoisotopic (exact) mass is 265 g/mol. The van der Waals surface area contributed by atoms with E-state index in [1.54, 1.807) is 0 Å². The smallest absolute Gasteiger partial charge is 0.253 e. The zero-order valence-electron chi connectivity index (χ0n) is 11.5. The van der Waals surface area contributed by atoms with Crippen molar-refractivity contribution in [3.05, 3.63) is 29.8 Å². The van der Waals surface area contributed by atoms with E-state index < -0.39 is 0 Å². The van der Waals surface area contributed by atoms with Crippen LogP contribution in [0.3, 0.4) is 0 Å². The Bertz CT molecular complexity index is 371. The Hall–Kier alpha value is -0.960. The van der Waals surface area contributed by atoms with Gasteiger partial charge in [0.1, 0.15) is 0 Å². The molecule has 0 bridgehead atoms. The average Bonchev–Trinajstić information content (AvgIpc) is 2.40. The molecule has 0 aromatic heterocycles. The number of hydrogen-bond donors (Lipinski definition) is 1. The highest BCUT2D eigenvalue weighted by Crippen LogP contribution is 2.14. The van der Waals surface area contributed by atoms with Gasteiger partial charge in [-0.15, -0.1) is 12.6 Å². The quantitative estimate of drug-likeness (QED) is 0.774. The van der Waals surface area contributed by atoms with E-state index in [0.717, 1.165) is 36.4 Å². The first-order valence-corrected chi connectivity index (χ1v) is 7.15. The van der Waals surface area contributed by atoms with Gasteiger partial charge in [-0.25, -0.2) is 0 Å². The Morgan fingerprint density at radius 2 is 1.72 bits per heavy atom. The lowest BCUT2D eigenvalue weighted by Gasteiger charge is -2.25. The first kappa shape index (κ1) is 15.1. The lowest BCUT2D eigenvalue weighted by molar-refractivity contribution is 0.0735. The Balaban J connectivity index is 2.75. The van der Waals surface area contributed by atoms with Crippen molar-refractivity contribution >= 4 is 18.5 Å². The van der Waals surface area contributed by atoms with Gasteiger partial charge in [0.05, 0.1) is 0 Å². The van der Waals surface area contributed by atoms with Gasteiger partial charge in [-0.1, -0.05) is 26.7 Å². The molecule has 0 fully saturated rings. The second kappa shape index (κ2) is 7.47. The van der Waals surface area contributed by atoms with Crippen molar-refractivity contribution in [3.8, 4) is 0 Å². The van der Waals surface area contributed by atoms with Gasteiger partial charge in [0.2, 0.25) is 0 Å². The zero-order valence-corrected chi connectivity index (χ0v) is 12.4. The van der Waals surface area contributed by atoms with Crippen molar-refractivity contribution in [2.45, 2.75) is 38.5 Å². The first-order valence-electron chi connectivity index (χ1n) is 6.70. The highest BCUT2D eigenvalue weighted by atomic mass is 32.1. The number of benzene rings is 1. The molecule has 100 valence electrons. The van der Waals surface area contributed by atoms with E-state index in [1.807, 2.05) is 36.1 Å². The van der Waals surface area contributed by atoms with Crippen LogP contribution in [0.15, 0.2) is 29.2 Å². The largest absolute Gasteiger partial charge is 0.339 e. The molecule has 1 aromatic rings. The van der Waals surface area contributed by atoms with Crippen molar-refractivity contribution in [2.24, 2.45) is 5.92 Å². The summed E-state index contributed by atoms with van der Waals surface area (Å²) in [6, 6.07) is 7.42. The summed E-state index contributed by atoms with van der Waals surface area (Å²) in [5.74, 6) is 0.718. The van der Waals surface area contributed by atoms with Crippen LogP contribution in [0.2, 0.25) is 0 Å². The summed E-state index contributed by atoms with van der Waals surface area (Å²) in [5.41, 5.74) is 0.751. The van der Waals surface area contributed by atoms with E-state index in [1.165, 1.54) is 0 Å². The van der Waals surface area contributed by atoms with Gasteiger partial charge in [-0.2, -0.15) is 0 Å². The minimum atomic E-state index is 0.123.